The third kappa shape index (κ3) is 3.90. The Morgan fingerprint density at radius 2 is 1.71 bits per heavy atom. The van der Waals surface area contributed by atoms with Gasteiger partial charge in [-0.3, -0.25) is 19.2 Å². The number of Topliss-reactive ketones (excluding diaryl/α,β-unsaturated/α-hetero) is 1. The third-order valence-corrected chi connectivity index (χ3v) is 11.8. The zero-order valence-electron chi connectivity index (χ0n) is 24.7. The quantitative estimate of drug-likeness (QED) is 0.459. The molecule has 0 unspecified atom stereocenters. The van der Waals surface area contributed by atoms with Gasteiger partial charge in [0.2, 0.25) is 5.78 Å². The molecule has 0 aromatic carbocycles. The van der Waals surface area contributed by atoms with Crippen LogP contribution in [0.3, 0.4) is 0 Å². The summed E-state index contributed by atoms with van der Waals surface area (Å²) in [5, 5.41) is 20.9. The molecule has 1 saturated heterocycles. The van der Waals surface area contributed by atoms with Gasteiger partial charge in [-0.2, -0.15) is 0 Å². The van der Waals surface area contributed by atoms with Crippen LogP contribution in [0.15, 0.2) is 23.8 Å². The smallest absolute Gasteiger partial charge is 0.309 e. The largest absolute Gasteiger partial charge is 0.481 e. The van der Waals surface area contributed by atoms with Gasteiger partial charge in [0.1, 0.15) is 0 Å². The highest BCUT2D eigenvalue weighted by Crippen LogP contribution is 2.72. The molecule has 42 heavy (non-hydrogen) atoms. The number of hydrogen-bond acceptors (Lipinski definition) is 8. The fourth-order valence-electron chi connectivity index (χ4n) is 9.75. The van der Waals surface area contributed by atoms with Crippen LogP contribution in [-0.2, 0) is 33.4 Å². The Hall–Kier alpha value is -2.43. The number of hydrogen-bond donors (Lipinski definition) is 2. The number of aliphatic hydroxyl groups excluding tert-OH is 1. The van der Waals surface area contributed by atoms with Crippen molar-refractivity contribution in [3.8, 4) is 0 Å². The summed E-state index contributed by atoms with van der Waals surface area (Å²) < 4.78 is 35.9. The molecule has 6 rings (SSSR count). The second-order valence-corrected chi connectivity index (χ2v) is 14.3. The first-order chi connectivity index (χ1) is 19.6. The molecule has 5 fully saturated rings. The summed E-state index contributed by atoms with van der Waals surface area (Å²) in [7, 11) is 0. The van der Waals surface area contributed by atoms with Crippen molar-refractivity contribution in [3.63, 3.8) is 0 Å². The van der Waals surface area contributed by atoms with Gasteiger partial charge in [-0.25, -0.2) is 4.39 Å². The van der Waals surface area contributed by atoms with E-state index in [-0.39, 0.29) is 18.1 Å². The molecule has 0 amide bonds. The predicted molar refractivity (Wildman–Crippen MR) is 146 cm³/mol. The lowest BCUT2D eigenvalue weighted by Crippen LogP contribution is -2.70. The molecule has 10 heteroatoms. The monoisotopic (exact) mass is 588 g/mol. The van der Waals surface area contributed by atoms with E-state index in [1.807, 2.05) is 6.92 Å². The zero-order valence-corrected chi connectivity index (χ0v) is 24.7. The summed E-state index contributed by atoms with van der Waals surface area (Å²) in [5.74, 6) is -5.14. The van der Waals surface area contributed by atoms with E-state index in [4.69, 9.17) is 14.2 Å². The third-order valence-electron chi connectivity index (χ3n) is 11.8. The van der Waals surface area contributed by atoms with Crippen molar-refractivity contribution >= 4 is 23.5 Å². The molecule has 0 spiro atoms. The van der Waals surface area contributed by atoms with E-state index in [1.54, 1.807) is 26.8 Å². The lowest BCUT2D eigenvalue weighted by atomic mass is 9.44. The Morgan fingerprint density at radius 3 is 2.38 bits per heavy atom. The number of allylic oxidation sites excluding steroid dienone is 4. The van der Waals surface area contributed by atoms with E-state index in [1.165, 1.54) is 12.2 Å². The Bertz CT molecular complexity index is 1280. The summed E-state index contributed by atoms with van der Waals surface area (Å²) in [4.78, 5) is 50.5. The van der Waals surface area contributed by atoms with Gasteiger partial charge in [0.15, 0.2) is 29.4 Å². The number of esters is 1. The maximum absolute atomic E-state index is 17.5. The van der Waals surface area contributed by atoms with Crippen LogP contribution in [0.1, 0.15) is 79.1 Å². The fraction of sp³-hybridized carbons (Fsp3) is 0.750. The molecule has 2 N–H and O–H groups in total. The average Bonchev–Trinajstić information content (AvgIpc) is 3.34. The van der Waals surface area contributed by atoms with Gasteiger partial charge < -0.3 is 24.4 Å². The first-order valence-corrected chi connectivity index (χ1v) is 15.2. The van der Waals surface area contributed by atoms with Gasteiger partial charge >= 0.3 is 11.9 Å². The lowest BCUT2D eigenvalue weighted by molar-refractivity contribution is -0.246. The maximum Gasteiger partial charge on any atom is 0.309 e. The Kier molecular flexibility index (Phi) is 6.73. The topological polar surface area (TPSA) is 136 Å². The molecular formula is C32H41FO9. The molecule has 8 atom stereocenters. The number of carboxylic acid groups (broad SMARTS) is 1. The number of carboxylic acids is 1. The number of alkyl halides is 1. The number of aliphatic hydroxyl groups is 1. The van der Waals surface area contributed by atoms with Crippen molar-refractivity contribution < 1.29 is 48.0 Å². The standard InChI is InChI=1S/C32H41FO9/c1-28(2)41-25-14-22-21-10-9-19-13-20(34)11-12-29(19,3)31(21,33)23(35)15-30(22,4)32(25,42-28)24(36)16-40-27(39)18-7-5-17(6-8-18)26(37)38/h11-13,17-18,21-23,25,35H,5-10,14-16H2,1-4H3,(H,37,38)/t17?,18?,21-,22-,23-,25+,29-,30-,31-,32+/m0/s1. The van der Waals surface area contributed by atoms with E-state index in [0.29, 0.717) is 50.5 Å². The van der Waals surface area contributed by atoms with Crippen LogP contribution in [0.5, 0.6) is 0 Å². The Morgan fingerprint density at radius 1 is 1.05 bits per heavy atom. The van der Waals surface area contributed by atoms with E-state index in [9.17, 15) is 29.4 Å². The van der Waals surface area contributed by atoms with Gasteiger partial charge in [0.25, 0.3) is 0 Å². The number of aliphatic carboxylic acids is 1. The molecule has 0 aromatic rings. The van der Waals surface area contributed by atoms with Gasteiger partial charge in [-0.05, 0) is 90.2 Å². The Labute approximate surface area is 244 Å². The van der Waals surface area contributed by atoms with Crippen molar-refractivity contribution in [2.45, 2.75) is 108 Å². The molecule has 6 aliphatic rings. The van der Waals surface area contributed by atoms with Gasteiger partial charge in [-0.15, -0.1) is 0 Å². The van der Waals surface area contributed by atoms with Crippen molar-refractivity contribution in [3.05, 3.63) is 23.8 Å². The second kappa shape index (κ2) is 9.53. The van der Waals surface area contributed by atoms with E-state index < -0.39 is 82.2 Å². The molecule has 0 bridgehead atoms. The minimum absolute atomic E-state index is 0.0653. The number of ketones is 2. The lowest BCUT2D eigenvalue weighted by Gasteiger charge is -2.62. The second-order valence-electron chi connectivity index (χ2n) is 14.3. The van der Waals surface area contributed by atoms with Crippen LogP contribution >= 0.6 is 0 Å². The van der Waals surface area contributed by atoms with E-state index in [0.717, 1.165) is 0 Å². The number of halogens is 1. The summed E-state index contributed by atoms with van der Waals surface area (Å²) >= 11 is 0. The maximum atomic E-state index is 17.5. The van der Waals surface area contributed by atoms with Crippen LogP contribution in [-0.4, -0.2) is 69.6 Å². The summed E-state index contributed by atoms with van der Waals surface area (Å²) in [6.45, 7) is 6.49. The highest BCUT2D eigenvalue weighted by Gasteiger charge is 2.80. The summed E-state index contributed by atoms with van der Waals surface area (Å²) in [6.07, 6.45) is 5.00. The van der Waals surface area contributed by atoms with E-state index >= 15 is 4.39 Å². The van der Waals surface area contributed by atoms with Crippen LogP contribution in [0, 0.1) is 34.5 Å². The van der Waals surface area contributed by atoms with Gasteiger partial charge in [0, 0.05) is 16.7 Å². The average molecular weight is 589 g/mol. The molecule has 5 aliphatic carbocycles. The number of carbonyl (C=O) groups excluding carboxylic acids is 3. The Balaban J connectivity index is 1.28. The van der Waals surface area contributed by atoms with Gasteiger partial charge in [-0.1, -0.05) is 18.6 Å². The van der Waals surface area contributed by atoms with Gasteiger partial charge in [0.05, 0.1) is 24.0 Å². The van der Waals surface area contributed by atoms with Crippen molar-refractivity contribution in [1.29, 1.82) is 0 Å². The number of rotatable bonds is 5. The number of carbonyl (C=O) groups is 4. The molecule has 1 heterocycles. The van der Waals surface area contributed by atoms with Crippen LogP contribution in [0.2, 0.25) is 0 Å². The summed E-state index contributed by atoms with van der Waals surface area (Å²) in [6, 6.07) is 0. The van der Waals surface area contributed by atoms with E-state index in [2.05, 4.69) is 0 Å². The predicted octanol–water partition coefficient (Wildman–Crippen LogP) is 3.86. The van der Waals surface area contributed by atoms with Crippen LogP contribution in [0.25, 0.3) is 0 Å². The van der Waals surface area contributed by atoms with Crippen molar-refractivity contribution in [1.82, 2.24) is 0 Å². The fourth-order valence-corrected chi connectivity index (χ4v) is 9.75. The number of fused-ring (bicyclic) bond motifs is 7. The molecule has 9 nitrogen and oxygen atoms in total. The van der Waals surface area contributed by atoms with Crippen molar-refractivity contribution in [2.24, 2.45) is 34.5 Å². The molecule has 0 radical (unpaired) electrons. The first kappa shape index (κ1) is 29.6. The minimum atomic E-state index is -2.06. The molecule has 0 aromatic heterocycles. The van der Waals surface area contributed by atoms with Crippen LogP contribution in [0.4, 0.5) is 4.39 Å². The van der Waals surface area contributed by atoms with Crippen molar-refractivity contribution in [2.75, 3.05) is 6.61 Å². The highest BCUT2D eigenvalue weighted by atomic mass is 19.1. The highest BCUT2D eigenvalue weighted by molar-refractivity contribution is 6.01. The SMILES string of the molecule is CC1(C)O[C@@H]2C[C@H]3[C@@H]4CCC5=CC(=O)C=C[C@]5(C)[C@@]4(F)[C@@H](O)C[C@]3(C)[C@]2(C(=O)COC(=O)C2CCC(C(=O)O)CC2)O1. The number of ether oxygens (including phenoxy) is 3. The first-order valence-electron chi connectivity index (χ1n) is 15.2. The normalized spacial score (nSPS) is 47.0. The molecule has 230 valence electrons. The molecule has 1 aliphatic heterocycles. The molecular weight excluding hydrogens is 547 g/mol. The summed E-state index contributed by atoms with van der Waals surface area (Å²) in [5.41, 5.74) is -5.10. The van der Waals surface area contributed by atoms with Crippen LogP contribution < -0.4 is 0 Å². The minimum Gasteiger partial charge on any atom is -0.481 e. The zero-order chi connectivity index (χ0) is 30.5. The molecule has 4 saturated carbocycles.